The summed E-state index contributed by atoms with van der Waals surface area (Å²) in [5, 5.41) is 4.06. The molecule has 4 rings (SSSR count). The molecular weight excluding hydrogens is 470 g/mol. The Morgan fingerprint density at radius 1 is 1.03 bits per heavy atom. The monoisotopic (exact) mass is 503 g/mol. The van der Waals surface area contributed by atoms with Gasteiger partial charge in [0.15, 0.2) is 0 Å². The van der Waals surface area contributed by atoms with Crippen LogP contribution >= 0.6 is 0 Å². The molecule has 3 aromatic rings. The summed E-state index contributed by atoms with van der Waals surface area (Å²) in [7, 11) is 1.64. The molecule has 194 valence electrons. The van der Waals surface area contributed by atoms with Gasteiger partial charge in [-0.05, 0) is 63.2 Å². The van der Waals surface area contributed by atoms with Crippen LogP contribution in [0.4, 0.5) is 5.69 Å². The van der Waals surface area contributed by atoms with Gasteiger partial charge < -0.3 is 23.8 Å². The highest BCUT2D eigenvalue weighted by atomic mass is 16.5. The van der Waals surface area contributed by atoms with E-state index in [4.69, 9.17) is 9.47 Å². The van der Waals surface area contributed by atoms with Gasteiger partial charge in [0, 0.05) is 48.8 Å². The van der Waals surface area contributed by atoms with Crippen molar-refractivity contribution >= 4 is 23.7 Å². The summed E-state index contributed by atoms with van der Waals surface area (Å²) in [5.41, 5.74) is 7.22. The Morgan fingerprint density at radius 2 is 1.73 bits per heavy atom. The summed E-state index contributed by atoms with van der Waals surface area (Å²) >= 11 is 0. The number of nitrogens with one attached hydrogen (secondary N) is 1. The molecule has 2 aromatic carbocycles. The minimum Gasteiger partial charge on any atom is -0.495 e. The smallest absolute Gasteiger partial charge is 0.329 e. The lowest BCUT2D eigenvalue weighted by atomic mass is 10.2. The molecule has 9 nitrogen and oxygen atoms in total. The summed E-state index contributed by atoms with van der Waals surface area (Å²) in [6.45, 7) is 8.67. The number of piperazine rings is 1. The average molecular weight is 504 g/mol. The summed E-state index contributed by atoms with van der Waals surface area (Å²) in [5.74, 6) is 0.277. The number of para-hydroxylation sites is 2. The summed E-state index contributed by atoms with van der Waals surface area (Å²) in [4.78, 5) is 28.9. The third-order valence-electron chi connectivity index (χ3n) is 6.43. The van der Waals surface area contributed by atoms with Gasteiger partial charge in [0.2, 0.25) is 0 Å². The first-order valence-corrected chi connectivity index (χ1v) is 12.4. The molecule has 2 amide bonds. The highest BCUT2D eigenvalue weighted by Gasteiger charge is 2.27. The van der Waals surface area contributed by atoms with Gasteiger partial charge in [-0.2, -0.15) is 5.10 Å². The molecular formula is C28H33N5O4. The maximum atomic E-state index is 12.7. The quantitative estimate of drug-likeness (QED) is 0.304. The fraction of sp³-hybridized carbons (Fsp3) is 0.321. The lowest BCUT2D eigenvalue weighted by Crippen LogP contribution is -2.52. The number of hydrazone groups is 1. The number of carbonyl (C=O) groups is 2. The maximum absolute atomic E-state index is 12.7. The second-order valence-corrected chi connectivity index (χ2v) is 8.74. The first kappa shape index (κ1) is 25.8. The summed E-state index contributed by atoms with van der Waals surface area (Å²) < 4.78 is 13.1. The zero-order chi connectivity index (χ0) is 26.4. The number of aromatic nitrogens is 1. The van der Waals surface area contributed by atoms with Crippen LogP contribution in [0.5, 0.6) is 11.5 Å². The molecule has 1 aromatic heterocycles. The Balaban J connectivity index is 1.34. The molecule has 2 heterocycles. The van der Waals surface area contributed by atoms with Crippen LogP contribution in [-0.2, 0) is 9.59 Å². The van der Waals surface area contributed by atoms with E-state index in [2.05, 4.69) is 20.0 Å². The highest BCUT2D eigenvalue weighted by Crippen LogP contribution is 2.28. The number of hydrogen-bond acceptors (Lipinski definition) is 6. The summed E-state index contributed by atoms with van der Waals surface area (Å²) in [6.07, 6.45) is 1.57. The topological polar surface area (TPSA) is 88.4 Å². The van der Waals surface area contributed by atoms with Gasteiger partial charge in [0.25, 0.3) is 0 Å². The molecule has 0 radical (unpaired) electrons. The molecule has 0 spiro atoms. The number of amides is 2. The summed E-state index contributed by atoms with van der Waals surface area (Å²) in [6, 6.07) is 17.6. The molecule has 9 heteroatoms. The van der Waals surface area contributed by atoms with Gasteiger partial charge in [0.1, 0.15) is 11.5 Å². The third kappa shape index (κ3) is 5.77. The Morgan fingerprint density at radius 3 is 2.41 bits per heavy atom. The second-order valence-electron chi connectivity index (χ2n) is 8.74. The second kappa shape index (κ2) is 11.6. The van der Waals surface area contributed by atoms with Gasteiger partial charge in [-0.3, -0.25) is 9.59 Å². The van der Waals surface area contributed by atoms with E-state index in [-0.39, 0.29) is 0 Å². The van der Waals surface area contributed by atoms with Gasteiger partial charge >= 0.3 is 11.8 Å². The molecule has 0 unspecified atom stereocenters. The van der Waals surface area contributed by atoms with Gasteiger partial charge in [-0.1, -0.05) is 12.1 Å². The standard InChI is InChI=1S/C28H33N5O4/c1-5-37-24-12-10-23(11-13-24)33-20(2)18-22(21(33)3)19-29-30-27(34)28(35)32-16-14-31(15-17-32)25-8-6-7-9-26(25)36-4/h6-13,18-19H,5,14-17H2,1-4H3,(H,30,34)/b29-19-. The van der Waals surface area contributed by atoms with Crippen molar-refractivity contribution in [1.29, 1.82) is 0 Å². The van der Waals surface area contributed by atoms with Crippen molar-refractivity contribution in [1.82, 2.24) is 14.9 Å². The van der Waals surface area contributed by atoms with Crippen LogP contribution in [0.25, 0.3) is 5.69 Å². The molecule has 1 aliphatic heterocycles. The largest absolute Gasteiger partial charge is 0.495 e. The highest BCUT2D eigenvalue weighted by molar-refractivity contribution is 6.35. The average Bonchev–Trinajstić information content (AvgIpc) is 3.21. The van der Waals surface area contributed by atoms with E-state index in [0.717, 1.165) is 39.8 Å². The van der Waals surface area contributed by atoms with Gasteiger partial charge in [-0.15, -0.1) is 0 Å². The van der Waals surface area contributed by atoms with E-state index in [1.54, 1.807) is 18.2 Å². The molecule has 1 N–H and O–H groups in total. The first-order valence-electron chi connectivity index (χ1n) is 12.4. The Kier molecular flexibility index (Phi) is 8.12. The van der Waals surface area contributed by atoms with Crippen molar-refractivity contribution in [3.63, 3.8) is 0 Å². The third-order valence-corrected chi connectivity index (χ3v) is 6.43. The molecule has 1 aliphatic rings. The van der Waals surface area contributed by atoms with Crippen molar-refractivity contribution in [2.45, 2.75) is 20.8 Å². The van der Waals surface area contributed by atoms with E-state index in [1.165, 1.54) is 0 Å². The minimum atomic E-state index is -0.748. The number of carbonyl (C=O) groups excluding carboxylic acids is 2. The van der Waals surface area contributed by atoms with E-state index in [9.17, 15) is 9.59 Å². The normalized spacial score (nSPS) is 13.6. The molecule has 0 aliphatic carbocycles. The van der Waals surface area contributed by atoms with Crippen LogP contribution in [0.2, 0.25) is 0 Å². The van der Waals surface area contributed by atoms with E-state index >= 15 is 0 Å². The van der Waals surface area contributed by atoms with Crippen LogP contribution < -0.4 is 19.8 Å². The number of rotatable bonds is 7. The van der Waals surface area contributed by atoms with Gasteiger partial charge in [-0.25, -0.2) is 5.43 Å². The lowest BCUT2D eigenvalue weighted by molar-refractivity contribution is -0.146. The van der Waals surface area contributed by atoms with Crippen LogP contribution in [0, 0.1) is 13.8 Å². The predicted molar refractivity (Wildman–Crippen MR) is 144 cm³/mol. The Hall–Kier alpha value is -4.27. The van der Waals surface area contributed by atoms with Crippen molar-refractivity contribution in [2.24, 2.45) is 5.10 Å². The van der Waals surface area contributed by atoms with Crippen LogP contribution in [0.15, 0.2) is 59.7 Å². The molecule has 0 saturated carbocycles. The van der Waals surface area contributed by atoms with Crippen molar-refractivity contribution in [3.05, 3.63) is 71.5 Å². The predicted octanol–water partition coefficient (Wildman–Crippen LogP) is 3.30. The number of nitrogens with zero attached hydrogens (tertiary/aromatic N) is 4. The van der Waals surface area contributed by atoms with Crippen LogP contribution in [0.3, 0.4) is 0 Å². The lowest BCUT2D eigenvalue weighted by Gasteiger charge is -2.36. The maximum Gasteiger partial charge on any atom is 0.329 e. The van der Waals surface area contributed by atoms with Crippen molar-refractivity contribution in [2.75, 3.05) is 44.8 Å². The molecule has 1 fully saturated rings. The molecule has 1 saturated heterocycles. The molecule has 37 heavy (non-hydrogen) atoms. The number of methoxy groups -OCH3 is 1. The number of aryl methyl sites for hydroxylation is 1. The Labute approximate surface area is 217 Å². The number of hydrogen-bond donors (Lipinski definition) is 1. The van der Waals surface area contributed by atoms with Gasteiger partial charge in [0.05, 0.1) is 25.6 Å². The van der Waals surface area contributed by atoms with Crippen molar-refractivity contribution < 1.29 is 19.1 Å². The minimum absolute atomic E-state index is 0.442. The number of benzene rings is 2. The zero-order valence-electron chi connectivity index (χ0n) is 21.7. The van der Waals surface area contributed by atoms with Crippen LogP contribution in [0.1, 0.15) is 23.9 Å². The first-order chi connectivity index (χ1) is 17.9. The molecule has 0 bridgehead atoms. The van der Waals surface area contributed by atoms with E-state index < -0.39 is 11.8 Å². The number of ether oxygens (including phenoxy) is 2. The van der Waals surface area contributed by atoms with Crippen molar-refractivity contribution in [3.8, 4) is 17.2 Å². The number of anilines is 1. The van der Waals surface area contributed by atoms with Crippen LogP contribution in [-0.4, -0.2) is 67.4 Å². The molecule has 0 atom stereocenters. The van der Waals surface area contributed by atoms with E-state index in [0.29, 0.717) is 32.8 Å². The fourth-order valence-electron chi connectivity index (χ4n) is 4.57. The fourth-order valence-corrected chi connectivity index (χ4v) is 4.57. The van der Waals surface area contributed by atoms with E-state index in [1.807, 2.05) is 75.4 Å². The Bertz CT molecular complexity index is 1270. The SMILES string of the molecule is CCOc1ccc(-n2c(C)cc(/C=N\NC(=O)C(=O)N3CCN(c4ccccc4OC)CC3)c2C)cc1. The zero-order valence-corrected chi connectivity index (χ0v) is 21.7.